The van der Waals surface area contributed by atoms with Crippen LogP contribution in [-0.2, 0) is 9.59 Å². The molecule has 1 saturated heterocycles. The normalized spacial score (nSPS) is 37.8. The summed E-state index contributed by atoms with van der Waals surface area (Å²) in [6.45, 7) is 0. The predicted octanol–water partition coefficient (Wildman–Crippen LogP) is 0.567. The summed E-state index contributed by atoms with van der Waals surface area (Å²) < 4.78 is 0. The molecule has 13 heavy (non-hydrogen) atoms. The van der Waals surface area contributed by atoms with Crippen molar-refractivity contribution in [2.24, 2.45) is 11.8 Å². The minimum atomic E-state index is -0.375. The van der Waals surface area contributed by atoms with Crippen molar-refractivity contribution in [3.8, 4) is 0 Å². The van der Waals surface area contributed by atoms with E-state index in [1.807, 2.05) is 18.4 Å². The molecule has 0 spiro atoms. The van der Waals surface area contributed by atoms with E-state index in [1.165, 1.54) is 0 Å². The van der Waals surface area contributed by atoms with Gasteiger partial charge in [0, 0.05) is 0 Å². The van der Waals surface area contributed by atoms with Gasteiger partial charge in [-0.3, -0.25) is 9.59 Å². The largest absolute Gasteiger partial charge is 0.345 e. The number of piperidine rings is 1. The lowest BCUT2D eigenvalue weighted by Gasteiger charge is -2.34. The molecular formula is C10H12NO2. The second-order valence-electron chi connectivity index (χ2n) is 3.71. The van der Waals surface area contributed by atoms with E-state index in [0.29, 0.717) is 5.92 Å². The van der Waals surface area contributed by atoms with Gasteiger partial charge in [0.25, 0.3) is 0 Å². The quantitative estimate of drug-likeness (QED) is 0.596. The third-order valence-corrected chi connectivity index (χ3v) is 2.86. The van der Waals surface area contributed by atoms with Crippen LogP contribution in [0.25, 0.3) is 0 Å². The molecule has 69 valence electrons. The van der Waals surface area contributed by atoms with Gasteiger partial charge in [0.05, 0.1) is 12.0 Å². The van der Waals surface area contributed by atoms with Gasteiger partial charge in [-0.15, -0.1) is 0 Å². The average Bonchev–Trinajstić information content (AvgIpc) is 2.18. The molecule has 2 rings (SSSR count). The Balaban J connectivity index is 2.14. The molecule has 0 bridgehead atoms. The topological polar surface area (TPSA) is 46.2 Å². The molecule has 3 heteroatoms. The zero-order valence-electron chi connectivity index (χ0n) is 7.32. The molecular weight excluding hydrogens is 166 g/mol. The Labute approximate surface area is 77.2 Å². The molecule has 0 saturated carbocycles. The molecule has 1 N–H and O–H groups in total. The number of amides is 1. The van der Waals surface area contributed by atoms with E-state index in [-0.39, 0.29) is 17.9 Å². The maximum atomic E-state index is 11.5. The lowest BCUT2D eigenvalue weighted by Crippen LogP contribution is -2.49. The van der Waals surface area contributed by atoms with Crippen molar-refractivity contribution < 1.29 is 9.59 Å². The van der Waals surface area contributed by atoms with Crippen LogP contribution in [0.1, 0.15) is 19.3 Å². The van der Waals surface area contributed by atoms with Crippen molar-refractivity contribution in [2.45, 2.75) is 25.3 Å². The van der Waals surface area contributed by atoms with Crippen molar-refractivity contribution in [1.29, 1.82) is 0 Å². The Morgan fingerprint density at radius 1 is 1.54 bits per heavy atom. The van der Waals surface area contributed by atoms with E-state index in [9.17, 15) is 9.59 Å². The predicted molar refractivity (Wildman–Crippen MR) is 47.6 cm³/mol. The van der Waals surface area contributed by atoms with Crippen LogP contribution >= 0.6 is 0 Å². The molecule has 0 aromatic heterocycles. The second-order valence-corrected chi connectivity index (χ2v) is 3.71. The zero-order valence-corrected chi connectivity index (χ0v) is 7.32. The van der Waals surface area contributed by atoms with Crippen LogP contribution in [-0.4, -0.2) is 18.2 Å². The van der Waals surface area contributed by atoms with Crippen molar-refractivity contribution in [2.75, 3.05) is 0 Å². The monoisotopic (exact) mass is 178 g/mol. The minimum absolute atomic E-state index is 0.00153. The van der Waals surface area contributed by atoms with E-state index < -0.39 is 0 Å². The van der Waals surface area contributed by atoms with E-state index in [4.69, 9.17) is 0 Å². The highest BCUT2D eigenvalue weighted by atomic mass is 16.2. The first-order valence-corrected chi connectivity index (χ1v) is 4.66. The van der Waals surface area contributed by atoms with Gasteiger partial charge in [-0.25, -0.2) is 0 Å². The molecule has 3 atom stereocenters. The molecule has 0 aromatic rings. The number of fused-ring (bicyclic) bond motifs is 1. The molecule has 1 heterocycles. The van der Waals surface area contributed by atoms with E-state index >= 15 is 0 Å². The average molecular weight is 178 g/mol. The first-order valence-electron chi connectivity index (χ1n) is 4.66. The summed E-state index contributed by atoms with van der Waals surface area (Å²) in [6.07, 6.45) is 8.67. The van der Waals surface area contributed by atoms with Crippen molar-refractivity contribution in [3.63, 3.8) is 0 Å². The number of nitrogens with one attached hydrogen (secondary N) is 1. The highest BCUT2D eigenvalue weighted by Crippen LogP contribution is 2.31. The van der Waals surface area contributed by atoms with Crippen LogP contribution in [0.15, 0.2) is 12.2 Å². The van der Waals surface area contributed by atoms with E-state index in [2.05, 4.69) is 5.32 Å². The summed E-state index contributed by atoms with van der Waals surface area (Å²) in [5.74, 6) is 0.337. The second kappa shape index (κ2) is 3.32. The van der Waals surface area contributed by atoms with Gasteiger partial charge >= 0.3 is 0 Å². The SMILES string of the molecule is O=[C]C1CC2CCC=CC2C(=O)N1. The lowest BCUT2D eigenvalue weighted by molar-refractivity contribution is -0.127. The molecule has 1 aliphatic carbocycles. The van der Waals surface area contributed by atoms with Crippen LogP contribution in [0.3, 0.4) is 0 Å². The van der Waals surface area contributed by atoms with E-state index in [1.54, 1.807) is 0 Å². The molecule has 1 radical (unpaired) electrons. The summed E-state index contributed by atoms with van der Waals surface area (Å²) in [5, 5.41) is 2.65. The van der Waals surface area contributed by atoms with Crippen LogP contribution in [0.4, 0.5) is 0 Å². The van der Waals surface area contributed by atoms with Crippen molar-refractivity contribution in [1.82, 2.24) is 5.32 Å². The van der Waals surface area contributed by atoms with Crippen LogP contribution < -0.4 is 5.32 Å². The Hall–Kier alpha value is -1.12. The van der Waals surface area contributed by atoms with Gasteiger partial charge < -0.3 is 5.32 Å². The number of carbonyl (C=O) groups excluding carboxylic acids is 2. The summed E-state index contributed by atoms with van der Waals surface area (Å²) >= 11 is 0. The maximum absolute atomic E-state index is 11.5. The Bertz CT molecular complexity index is 260. The van der Waals surface area contributed by atoms with Gasteiger partial charge in [-0.2, -0.15) is 0 Å². The molecule has 0 aromatic carbocycles. The molecule has 3 nitrogen and oxygen atoms in total. The number of hydrogen-bond acceptors (Lipinski definition) is 2. The van der Waals surface area contributed by atoms with Crippen LogP contribution in [0.2, 0.25) is 0 Å². The van der Waals surface area contributed by atoms with Crippen LogP contribution in [0, 0.1) is 11.8 Å². The first-order chi connectivity index (χ1) is 6.31. The zero-order chi connectivity index (χ0) is 9.26. The molecule has 2 aliphatic rings. The lowest BCUT2D eigenvalue weighted by atomic mass is 9.77. The number of allylic oxidation sites excluding steroid dienone is 1. The fourth-order valence-corrected chi connectivity index (χ4v) is 2.16. The number of rotatable bonds is 1. The van der Waals surface area contributed by atoms with Crippen molar-refractivity contribution >= 4 is 12.2 Å². The van der Waals surface area contributed by atoms with Crippen molar-refractivity contribution in [3.05, 3.63) is 12.2 Å². The summed E-state index contributed by atoms with van der Waals surface area (Å²) in [4.78, 5) is 21.9. The summed E-state index contributed by atoms with van der Waals surface area (Å²) in [6, 6.07) is -0.375. The van der Waals surface area contributed by atoms with E-state index in [0.717, 1.165) is 19.3 Å². The Morgan fingerprint density at radius 3 is 3.15 bits per heavy atom. The van der Waals surface area contributed by atoms with Gasteiger partial charge in [0.15, 0.2) is 0 Å². The summed E-state index contributed by atoms with van der Waals surface area (Å²) in [7, 11) is 0. The summed E-state index contributed by atoms with van der Waals surface area (Å²) in [5.41, 5.74) is 0. The van der Waals surface area contributed by atoms with Gasteiger partial charge in [-0.05, 0) is 25.2 Å². The van der Waals surface area contributed by atoms with Gasteiger partial charge in [0.2, 0.25) is 12.2 Å². The minimum Gasteiger partial charge on any atom is -0.345 e. The number of hydrogen-bond donors (Lipinski definition) is 1. The highest BCUT2D eigenvalue weighted by molar-refractivity contribution is 5.85. The molecule has 1 aliphatic heterocycles. The Morgan fingerprint density at radius 2 is 2.38 bits per heavy atom. The smallest absolute Gasteiger partial charge is 0.227 e. The molecule has 3 unspecified atom stereocenters. The number of carbonyl (C=O) groups is 1. The fourth-order valence-electron chi connectivity index (χ4n) is 2.16. The highest BCUT2D eigenvalue weighted by Gasteiger charge is 2.35. The van der Waals surface area contributed by atoms with Gasteiger partial charge in [0.1, 0.15) is 0 Å². The first kappa shape index (κ1) is 8.48. The van der Waals surface area contributed by atoms with Gasteiger partial charge in [-0.1, -0.05) is 12.2 Å². The Kier molecular flexibility index (Phi) is 2.17. The van der Waals surface area contributed by atoms with Crippen LogP contribution in [0.5, 0.6) is 0 Å². The molecule has 1 amide bonds. The standard InChI is InChI=1S/C10H12NO2/c12-6-8-5-7-3-1-2-4-9(7)10(13)11-8/h2,4,7-9H,1,3,5H2,(H,11,13). The molecule has 1 fully saturated rings. The fraction of sp³-hybridized carbons (Fsp3) is 0.600. The maximum Gasteiger partial charge on any atom is 0.227 e. The third-order valence-electron chi connectivity index (χ3n) is 2.86. The third kappa shape index (κ3) is 1.50.